The number of benzene rings is 3. The number of rotatable bonds is 2. The van der Waals surface area contributed by atoms with Crippen molar-refractivity contribution in [3.8, 4) is 0 Å². The summed E-state index contributed by atoms with van der Waals surface area (Å²) in [5.41, 5.74) is 4.56. The van der Waals surface area contributed by atoms with Crippen molar-refractivity contribution >= 4 is 28.9 Å². The summed E-state index contributed by atoms with van der Waals surface area (Å²) in [5, 5.41) is 0.620. The summed E-state index contributed by atoms with van der Waals surface area (Å²) in [5.74, 6) is 0.0308. The molecule has 4 heteroatoms. The Bertz CT molecular complexity index is 999. The molecule has 0 aliphatic carbocycles. The Morgan fingerprint density at radius 3 is 2.33 bits per heavy atom. The van der Waals surface area contributed by atoms with Gasteiger partial charge in [-0.15, -0.1) is 0 Å². The van der Waals surface area contributed by atoms with E-state index in [0.29, 0.717) is 11.4 Å². The van der Waals surface area contributed by atoms with Crippen molar-refractivity contribution in [2.75, 3.05) is 11.9 Å². The third-order valence-electron chi connectivity index (χ3n) is 4.83. The fourth-order valence-electron chi connectivity index (χ4n) is 3.39. The van der Waals surface area contributed by atoms with E-state index < -0.39 is 0 Å². The molecule has 1 atom stereocenters. The van der Waals surface area contributed by atoms with Crippen LogP contribution in [-0.2, 0) is 4.79 Å². The molecule has 0 radical (unpaired) electrons. The highest BCUT2D eigenvalue weighted by atomic mass is 35.5. The first-order valence-corrected chi connectivity index (χ1v) is 9.26. The van der Waals surface area contributed by atoms with Gasteiger partial charge in [0, 0.05) is 23.2 Å². The molecular weight excluding hydrogens is 356 g/mol. The van der Waals surface area contributed by atoms with E-state index in [0.717, 1.165) is 28.1 Å². The molecule has 3 aromatic carbocycles. The van der Waals surface area contributed by atoms with E-state index >= 15 is 0 Å². The van der Waals surface area contributed by atoms with E-state index in [1.807, 2.05) is 85.9 Å². The summed E-state index contributed by atoms with van der Waals surface area (Å²) in [7, 11) is 1.81. The Morgan fingerprint density at radius 1 is 0.963 bits per heavy atom. The van der Waals surface area contributed by atoms with Gasteiger partial charge in [0.15, 0.2) is 0 Å². The molecule has 3 aromatic rings. The minimum atomic E-state index is -0.247. The van der Waals surface area contributed by atoms with E-state index in [1.165, 1.54) is 0 Å². The van der Waals surface area contributed by atoms with Gasteiger partial charge in [0.25, 0.3) is 0 Å². The molecule has 0 spiro atoms. The first-order chi connectivity index (χ1) is 13.1. The first kappa shape index (κ1) is 17.5. The van der Waals surface area contributed by atoms with Crippen LogP contribution in [0.15, 0.2) is 83.9 Å². The Kier molecular flexibility index (Phi) is 4.78. The van der Waals surface area contributed by atoms with Crippen LogP contribution in [0.1, 0.15) is 29.2 Å². The predicted molar refractivity (Wildman–Crippen MR) is 111 cm³/mol. The van der Waals surface area contributed by atoms with Gasteiger partial charge in [-0.1, -0.05) is 72.3 Å². The Hall–Kier alpha value is -2.91. The van der Waals surface area contributed by atoms with Gasteiger partial charge in [-0.25, -0.2) is 0 Å². The largest absolute Gasteiger partial charge is 0.315 e. The van der Waals surface area contributed by atoms with Gasteiger partial charge in [0.1, 0.15) is 0 Å². The average Bonchev–Trinajstić information content (AvgIpc) is 2.71. The van der Waals surface area contributed by atoms with E-state index in [-0.39, 0.29) is 11.9 Å². The summed E-state index contributed by atoms with van der Waals surface area (Å²) in [6.07, 6.45) is 0.318. The second-order valence-electron chi connectivity index (χ2n) is 6.59. The Morgan fingerprint density at radius 2 is 1.63 bits per heavy atom. The number of hydrogen-bond donors (Lipinski definition) is 0. The van der Waals surface area contributed by atoms with Gasteiger partial charge in [0.05, 0.1) is 23.9 Å². The van der Waals surface area contributed by atoms with Crippen LogP contribution in [0.5, 0.6) is 0 Å². The Balaban J connectivity index is 1.97. The first-order valence-electron chi connectivity index (χ1n) is 8.88. The second-order valence-corrected chi connectivity index (χ2v) is 7.02. The van der Waals surface area contributed by atoms with Crippen molar-refractivity contribution in [3.05, 3.63) is 101 Å². The molecule has 1 heterocycles. The minimum absolute atomic E-state index is 0.0308. The maximum atomic E-state index is 12.9. The van der Waals surface area contributed by atoms with Crippen LogP contribution in [0.4, 0.5) is 5.69 Å². The summed E-state index contributed by atoms with van der Waals surface area (Å²) in [4.78, 5) is 19.6. The molecule has 0 unspecified atom stereocenters. The standard InChI is InChI=1S/C23H19ClN2O/c1-26-21-13-12-18(24)14-19(21)23(17-10-6-3-7-11-17)25-20(15-22(26)27)16-8-4-2-5-9-16/h2-14,20H,15H2,1H3/t20-/m1/s1. The normalized spacial score (nSPS) is 17.0. The van der Waals surface area contributed by atoms with Gasteiger partial charge in [-0.2, -0.15) is 0 Å². The van der Waals surface area contributed by atoms with Crippen LogP contribution in [0.2, 0.25) is 5.02 Å². The lowest BCUT2D eigenvalue weighted by Gasteiger charge is -2.27. The highest BCUT2D eigenvalue weighted by molar-refractivity contribution is 6.31. The second kappa shape index (κ2) is 7.37. The highest BCUT2D eigenvalue weighted by Crippen LogP contribution is 2.33. The zero-order valence-electron chi connectivity index (χ0n) is 15.0. The number of anilines is 1. The zero-order valence-corrected chi connectivity index (χ0v) is 15.7. The number of carbonyl (C=O) groups excluding carboxylic acids is 1. The lowest BCUT2D eigenvalue weighted by atomic mass is 9.95. The number of hydrogen-bond acceptors (Lipinski definition) is 2. The van der Waals surface area contributed by atoms with Crippen molar-refractivity contribution in [2.45, 2.75) is 12.5 Å². The fraction of sp³-hybridized carbons (Fsp3) is 0.130. The lowest BCUT2D eigenvalue weighted by molar-refractivity contribution is -0.118. The Labute approximate surface area is 163 Å². The van der Waals surface area contributed by atoms with E-state index in [2.05, 4.69) is 0 Å². The van der Waals surface area contributed by atoms with Crippen LogP contribution in [-0.4, -0.2) is 18.7 Å². The molecule has 0 fully saturated rings. The fourth-order valence-corrected chi connectivity index (χ4v) is 3.56. The SMILES string of the molecule is CN1C(=O)C[C@H](c2ccccc2)N=C(c2ccccc2)c2cc(Cl)ccc21. The topological polar surface area (TPSA) is 32.7 Å². The number of nitrogens with zero attached hydrogens (tertiary/aromatic N) is 2. The molecule has 1 aliphatic heterocycles. The number of carbonyl (C=O) groups is 1. The molecule has 1 aliphatic rings. The maximum Gasteiger partial charge on any atom is 0.229 e. The van der Waals surface area contributed by atoms with E-state index in [4.69, 9.17) is 16.6 Å². The van der Waals surface area contributed by atoms with Crippen molar-refractivity contribution < 1.29 is 4.79 Å². The van der Waals surface area contributed by atoms with Gasteiger partial charge >= 0.3 is 0 Å². The lowest BCUT2D eigenvalue weighted by Crippen LogP contribution is -2.31. The predicted octanol–water partition coefficient (Wildman–Crippen LogP) is 5.29. The van der Waals surface area contributed by atoms with Crippen molar-refractivity contribution in [1.82, 2.24) is 0 Å². The molecule has 0 aromatic heterocycles. The molecule has 3 nitrogen and oxygen atoms in total. The number of halogens is 1. The van der Waals surface area contributed by atoms with Gasteiger partial charge in [-0.05, 0) is 23.8 Å². The summed E-state index contributed by atoms with van der Waals surface area (Å²) in [6.45, 7) is 0. The number of fused-ring (bicyclic) bond motifs is 1. The molecule has 0 saturated heterocycles. The van der Waals surface area contributed by atoms with Gasteiger partial charge in [-0.3, -0.25) is 9.79 Å². The smallest absolute Gasteiger partial charge is 0.229 e. The monoisotopic (exact) mass is 374 g/mol. The highest BCUT2D eigenvalue weighted by Gasteiger charge is 2.26. The average molecular weight is 375 g/mol. The van der Waals surface area contributed by atoms with E-state index in [1.54, 1.807) is 4.90 Å². The molecule has 134 valence electrons. The zero-order chi connectivity index (χ0) is 18.8. The van der Waals surface area contributed by atoms with Crippen LogP contribution in [0.3, 0.4) is 0 Å². The molecule has 1 amide bonds. The van der Waals surface area contributed by atoms with Crippen molar-refractivity contribution in [1.29, 1.82) is 0 Å². The summed E-state index contributed by atoms with van der Waals surface area (Å²) >= 11 is 6.30. The quantitative estimate of drug-likeness (QED) is 0.600. The van der Waals surface area contributed by atoms with Crippen LogP contribution < -0.4 is 4.90 Å². The van der Waals surface area contributed by atoms with Crippen molar-refractivity contribution in [3.63, 3.8) is 0 Å². The van der Waals surface area contributed by atoms with E-state index in [9.17, 15) is 4.79 Å². The van der Waals surface area contributed by atoms with Crippen LogP contribution in [0.25, 0.3) is 0 Å². The van der Waals surface area contributed by atoms with Crippen molar-refractivity contribution in [2.24, 2.45) is 4.99 Å². The molecule has 0 N–H and O–H groups in total. The van der Waals surface area contributed by atoms with Crippen LogP contribution in [0, 0.1) is 0 Å². The molecule has 4 rings (SSSR count). The molecular formula is C23H19ClN2O. The van der Waals surface area contributed by atoms with Gasteiger partial charge in [0.2, 0.25) is 5.91 Å². The summed E-state index contributed by atoms with van der Waals surface area (Å²) in [6, 6.07) is 25.3. The third-order valence-corrected chi connectivity index (χ3v) is 5.07. The minimum Gasteiger partial charge on any atom is -0.315 e. The maximum absolute atomic E-state index is 12.9. The molecule has 27 heavy (non-hydrogen) atoms. The van der Waals surface area contributed by atoms with Gasteiger partial charge < -0.3 is 4.90 Å². The number of aliphatic imine (C=N–C) groups is 1. The molecule has 0 saturated carbocycles. The number of amides is 1. The summed E-state index contributed by atoms with van der Waals surface area (Å²) < 4.78 is 0. The third kappa shape index (κ3) is 3.51. The van der Waals surface area contributed by atoms with Crippen LogP contribution >= 0.6 is 11.6 Å². The molecule has 0 bridgehead atoms.